The van der Waals surface area contributed by atoms with Crippen molar-refractivity contribution in [1.29, 1.82) is 0 Å². The van der Waals surface area contributed by atoms with Crippen molar-refractivity contribution in [3.8, 4) is 0 Å². The molecule has 0 saturated heterocycles. The summed E-state index contributed by atoms with van der Waals surface area (Å²) >= 11 is 0. The topological polar surface area (TPSA) is 86.5 Å². The summed E-state index contributed by atoms with van der Waals surface area (Å²) in [6.07, 6.45) is 1.29. The van der Waals surface area contributed by atoms with Gasteiger partial charge in [0.15, 0.2) is 0 Å². The molecule has 2 aromatic carbocycles. The van der Waals surface area contributed by atoms with E-state index in [0.29, 0.717) is 30.9 Å². The number of aryl methyl sites for hydroxylation is 1. The molecule has 136 valence electrons. The molecular weight excluding hydrogens is 338 g/mol. The maximum absolute atomic E-state index is 12.5. The van der Waals surface area contributed by atoms with Crippen molar-refractivity contribution in [3.63, 3.8) is 0 Å². The molecule has 3 N–H and O–H groups in total. The minimum absolute atomic E-state index is 0.0995. The molecule has 6 nitrogen and oxygen atoms in total. The number of aromatic nitrogens is 4. The Morgan fingerprint density at radius 2 is 1.74 bits per heavy atom. The van der Waals surface area contributed by atoms with Crippen LogP contribution >= 0.6 is 0 Å². The Kier molecular flexibility index (Phi) is 4.70. The van der Waals surface area contributed by atoms with Gasteiger partial charge in [0.25, 0.3) is 5.56 Å². The van der Waals surface area contributed by atoms with Gasteiger partial charge in [0.1, 0.15) is 5.82 Å². The first-order valence-corrected chi connectivity index (χ1v) is 9.00. The standard InChI is InChI=1S/C21H21N5O/c1-14-16(13-15-7-3-2-4-8-15)20(27)26-21(23-14)22-12-11-19-24-17-9-5-6-10-18(17)25-19/h2-10H,11-13H2,1H3,(H,24,25)(H2,22,23,26,27). The van der Waals surface area contributed by atoms with Crippen LogP contribution in [0.2, 0.25) is 0 Å². The highest BCUT2D eigenvalue weighted by atomic mass is 16.1. The van der Waals surface area contributed by atoms with Gasteiger partial charge >= 0.3 is 0 Å². The van der Waals surface area contributed by atoms with E-state index in [0.717, 1.165) is 28.1 Å². The number of aromatic amines is 2. The molecule has 27 heavy (non-hydrogen) atoms. The average molecular weight is 359 g/mol. The van der Waals surface area contributed by atoms with E-state index in [-0.39, 0.29) is 5.56 Å². The zero-order chi connectivity index (χ0) is 18.6. The number of imidazole rings is 1. The number of rotatable bonds is 6. The Hall–Kier alpha value is -3.41. The van der Waals surface area contributed by atoms with Crippen LogP contribution in [-0.2, 0) is 12.8 Å². The number of anilines is 1. The van der Waals surface area contributed by atoms with Gasteiger partial charge in [-0.3, -0.25) is 9.78 Å². The fourth-order valence-corrected chi connectivity index (χ4v) is 3.13. The highest BCUT2D eigenvalue weighted by Gasteiger charge is 2.09. The Morgan fingerprint density at radius 1 is 0.963 bits per heavy atom. The lowest BCUT2D eigenvalue weighted by Gasteiger charge is -2.09. The zero-order valence-corrected chi connectivity index (χ0v) is 15.1. The minimum atomic E-state index is -0.0995. The van der Waals surface area contributed by atoms with E-state index in [9.17, 15) is 4.79 Å². The van der Waals surface area contributed by atoms with E-state index in [1.165, 1.54) is 0 Å². The summed E-state index contributed by atoms with van der Waals surface area (Å²) in [5.41, 5.74) is 4.43. The minimum Gasteiger partial charge on any atom is -0.355 e. The third kappa shape index (κ3) is 3.89. The molecule has 0 amide bonds. The molecule has 0 fully saturated rings. The van der Waals surface area contributed by atoms with E-state index in [2.05, 4.69) is 25.3 Å². The number of nitrogens with zero attached hydrogens (tertiary/aromatic N) is 2. The number of hydrogen-bond acceptors (Lipinski definition) is 4. The largest absolute Gasteiger partial charge is 0.355 e. The van der Waals surface area contributed by atoms with Crippen molar-refractivity contribution < 1.29 is 0 Å². The lowest BCUT2D eigenvalue weighted by molar-refractivity contribution is 0.902. The first-order chi connectivity index (χ1) is 13.2. The second kappa shape index (κ2) is 7.45. The van der Waals surface area contributed by atoms with Gasteiger partial charge in [0.05, 0.1) is 16.7 Å². The predicted molar refractivity (Wildman–Crippen MR) is 107 cm³/mol. The molecule has 0 saturated carbocycles. The quantitative estimate of drug-likeness (QED) is 0.493. The fraction of sp³-hybridized carbons (Fsp3) is 0.190. The van der Waals surface area contributed by atoms with Gasteiger partial charge in [-0.25, -0.2) is 9.97 Å². The maximum atomic E-state index is 12.5. The third-order valence-electron chi connectivity index (χ3n) is 4.54. The van der Waals surface area contributed by atoms with E-state index < -0.39 is 0 Å². The van der Waals surface area contributed by atoms with Crippen LogP contribution in [0.25, 0.3) is 11.0 Å². The summed E-state index contributed by atoms with van der Waals surface area (Å²) in [5, 5.41) is 3.18. The van der Waals surface area contributed by atoms with Crippen molar-refractivity contribution in [2.75, 3.05) is 11.9 Å². The first kappa shape index (κ1) is 17.0. The average Bonchev–Trinajstić information content (AvgIpc) is 3.08. The molecule has 0 spiro atoms. The number of nitrogens with one attached hydrogen (secondary N) is 3. The summed E-state index contributed by atoms with van der Waals surface area (Å²) in [4.78, 5) is 27.7. The van der Waals surface area contributed by atoms with Gasteiger partial charge < -0.3 is 10.3 Å². The zero-order valence-electron chi connectivity index (χ0n) is 15.1. The molecule has 0 unspecified atom stereocenters. The Morgan fingerprint density at radius 3 is 2.52 bits per heavy atom. The van der Waals surface area contributed by atoms with Crippen molar-refractivity contribution >= 4 is 17.0 Å². The molecular formula is C21H21N5O. The van der Waals surface area contributed by atoms with Crippen molar-refractivity contribution in [1.82, 2.24) is 19.9 Å². The second-order valence-corrected chi connectivity index (χ2v) is 6.52. The Labute approximate surface area is 156 Å². The van der Waals surface area contributed by atoms with Crippen LogP contribution in [0.5, 0.6) is 0 Å². The van der Waals surface area contributed by atoms with Crippen LogP contribution < -0.4 is 10.9 Å². The number of para-hydroxylation sites is 2. The molecule has 0 aliphatic heterocycles. The fourth-order valence-electron chi connectivity index (χ4n) is 3.13. The normalized spacial score (nSPS) is 11.0. The Balaban J connectivity index is 1.42. The molecule has 4 aromatic rings. The van der Waals surface area contributed by atoms with Crippen LogP contribution in [0, 0.1) is 6.92 Å². The van der Waals surface area contributed by atoms with E-state index in [1.807, 2.05) is 61.5 Å². The van der Waals surface area contributed by atoms with Crippen molar-refractivity contribution in [3.05, 3.63) is 87.6 Å². The summed E-state index contributed by atoms with van der Waals surface area (Å²) in [7, 11) is 0. The monoisotopic (exact) mass is 359 g/mol. The van der Waals surface area contributed by atoms with Crippen LogP contribution in [-0.4, -0.2) is 26.5 Å². The van der Waals surface area contributed by atoms with E-state index in [1.54, 1.807) is 0 Å². The summed E-state index contributed by atoms with van der Waals surface area (Å²) in [6.45, 7) is 2.50. The molecule has 0 bridgehead atoms. The molecule has 6 heteroatoms. The molecule has 2 aromatic heterocycles. The maximum Gasteiger partial charge on any atom is 0.256 e. The Bertz CT molecular complexity index is 1080. The number of benzene rings is 2. The van der Waals surface area contributed by atoms with Gasteiger partial charge in [-0.1, -0.05) is 42.5 Å². The number of H-pyrrole nitrogens is 2. The summed E-state index contributed by atoms with van der Waals surface area (Å²) in [6, 6.07) is 17.9. The SMILES string of the molecule is Cc1nc(NCCc2nc3ccccc3[nH]2)[nH]c(=O)c1Cc1ccccc1. The smallest absolute Gasteiger partial charge is 0.256 e. The highest BCUT2D eigenvalue weighted by Crippen LogP contribution is 2.12. The summed E-state index contributed by atoms with van der Waals surface area (Å²) in [5.74, 6) is 1.40. The molecule has 4 rings (SSSR count). The predicted octanol–water partition coefficient (Wildman–Crippen LogP) is 3.20. The lowest BCUT2D eigenvalue weighted by atomic mass is 10.1. The van der Waals surface area contributed by atoms with Crippen molar-refractivity contribution in [2.24, 2.45) is 0 Å². The van der Waals surface area contributed by atoms with Crippen LogP contribution in [0.3, 0.4) is 0 Å². The van der Waals surface area contributed by atoms with Gasteiger partial charge in [-0.05, 0) is 24.6 Å². The molecule has 0 radical (unpaired) electrons. The van der Waals surface area contributed by atoms with Crippen LogP contribution in [0.15, 0.2) is 59.4 Å². The van der Waals surface area contributed by atoms with Crippen molar-refractivity contribution in [2.45, 2.75) is 19.8 Å². The van der Waals surface area contributed by atoms with E-state index >= 15 is 0 Å². The van der Waals surface area contributed by atoms with Gasteiger partial charge in [0.2, 0.25) is 5.95 Å². The molecule has 0 atom stereocenters. The van der Waals surface area contributed by atoms with Gasteiger partial charge in [0, 0.05) is 24.9 Å². The van der Waals surface area contributed by atoms with Gasteiger partial charge in [-0.2, -0.15) is 0 Å². The first-order valence-electron chi connectivity index (χ1n) is 9.00. The van der Waals surface area contributed by atoms with Crippen LogP contribution in [0.1, 0.15) is 22.6 Å². The molecule has 0 aliphatic rings. The molecule has 0 aliphatic carbocycles. The van der Waals surface area contributed by atoms with Gasteiger partial charge in [-0.15, -0.1) is 0 Å². The second-order valence-electron chi connectivity index (χ2n) is 6.52. The third-order valence-corrected chi connectivity index (χ3v) is 4.54. The number of hydrogen-bond donors (Lipinski definition) is 3. The highest BCUT2D eigenvalue weighted by molar-refractivity contribution is 5.74. The summed E-state index contributed by atoms with van der Waals surface area (Å²) < 4.78 is 0. The molecule has 2 heterocycles. The number of fused-ring (bicyclic) bond motifs is 1. The van der Waals surface area contributed by atoms with Crippen LogP contribution in [0.4, 0.5) is 5.95 Å². The van der Waals surface area contributed by atoms with E-state index in [4.69, 9.17) is 0 Å². The lowest BCUT2D eigenvalue weighted by Crippen LogP contribution is -2.20.